The van der Waals surface area contributed by atoms with E-state index in [-0.39, 0.29) is 23.8 Å². The molecule has 0 aliphatic carbocycles. The number of benzene rings is 1. The number of methoxy groups -OCH3 is 1. The summed E-state index contributed by atoms with van der Waals surface area (Å²) in [5, 5.41) is 3.20. The minimum atomic E-state index is -3.99. The summed E-state index contributed by atoms with van der Waals surface area (Å²) in [6.45, 7) is 1.67. The van der Waals surface area contributed by atoms with Gasteiger partial charge in [0.05, 0.1) is 12.6 Å². The Labute approximate surface area is 158 Å². The zero-order valence-electron chi connectivity index (χ0n) is 15.0. The van der Waals surface area contributed by atoms with Gasteiger partial charge in [0.2, 0.25) is 10.0 Å². The molecule has 27 heavy (non-hydrogen) atoms. The van der Waals surface area contributed by atoms with Gasteiger partial charge in [-0.1, -0.05) is 6.07 Å². The number of rotatable bonds is 7. The van der Waals surface area contributed by atoms with E-state index in [1.165, 1.54) is 23.5 Å². The van der Waals surface area contributed by atoms with Crippen molar-refractivity contribution in [2.24, 2.45) is 0 Å². The first-order valence-electron chi connectivity index (χ1n) is 8.58. The summed E-state index contributed by atoms with van der Waals surface area (Å²) in [7, 11) is -2.47. The van der Waals surface area contributed by atoms with Gasteiger partial charge in [-0.2, -0.15) is 4.31 Å². The lowest BCUT2D eigenvalue weighted by Crippen LogP contribution is -2.48. The monoisotopic (exact) mass is 395 g/mol. The fraction of sp³-hybridized carbons (Fsp3) is 0.389. The second-order valence-corrected chi connectivity index (χ2v) is 7.91. The van der Waals surface area contributed by atoms with E-state index in [1.807, 2.05) is 6.07 Å². The lowest BCUT2D eigenvalue weighted by molar-refractivity contribution is 0.144. The molecule has 1 aromatic heterocycles. The average Bonchev–Trinajstić information content (AvgIpc) is 2.70. The second-order valence-electron chi connectivity index (χ2n) is 6.05. The molecule has 1 N–H and O–H groups in total. The highest BCUT2D eigenvalue weighted by Crippen LogP contribution is 2.33. The highest BCUT2D eigenvalue weighted by atomic mass is 32.2. The van der Waals surface area contributed by atoms with Crippen LogP contribution in [0.3, 0.4) is 0 Å². The fourth-order valence-electron chi connectivity index (χ4n) is 2.99. The molecule has 146 valence electrons. The van der Waals surface area contributed by atoms with E-state index >= 15 is 0 Å². The lowest BCUT2D eigenvalue weighted by Gasteiger charge is -2.35. The number of hydrogen-bond acceptors (Lipinski definition) is 6. The van der Waals surface area contributed by atoms with Gasteiger partial charge in [0.25, 0.3) is 0 Å². The molecule has 1 fully saturated rings. The van der Waals surface area contributed by atoms with E-state index in [4.69, 9.17) is 9.47 Å². The van der Waals surface area contributed by atoms with E-state index in [1.54, 1.807) is 18.5 Å². The second kappa shape index (κ2) is 8.75. The third-order valence-corrected chi connectivity index (χ3v) is 6.23. The topological polar surface area (TPSA) is 80.8 Å². The number of aromatic nitrogens is 1. The molecule has 0 bridgehead atoms. The van der Waals surface area contributed by atoms with Crippen molar-refractivity contribution < 1.29 is 22.3 Å². The zero-order chi connectivity index (χ0) is 19.3. The van der Waals surface area contributed by atoms with Crippen LogP contribution in [0.5, 0.6) is 5.75 Å². The highest BCUT2D eigenvalue weighted by molar-refractivity contribution is 7.89. The van der Waals surface area contributed by atoms with Crippen LogP contribution in [0.1, 0.15) is 11.6 Å². The Bertz CT molecular complexity index is 864. The van der Waals surface area contributed by atoms with Gasteiger partial charge in [0, 0.05) is 39.1 Å². The van der Waals surface area contributed by atoms with Crippen molar-refractivity contribution in [1.29, 1.82) is 0 Å². The van der Waals surface area contributed by atoms with Crippen LogP contribution in [0.15, 0.2) is 47.6 Å². The Morgan fingerprint density at radius 2 is 2.19 bits per heavy atom. The number of ether oxygens (including phenoxy) is 2. The number of nitrogens with zero attached hydrogens (tertiary/aromatic N) is 2. The Balaban J connectivity index is 1.98. The van der Waals surface area contributed by atoms with Crippen molar-refractivity contribution in [3.63, 3.8) is 0 Å². The molecule has 0 amide bonds. The van der Waals surface area contributed by atoms with E-state index < -0.39 is 21.9 Å². The summed E-state index contributed by atoms with van der Waals surface area (Å²) < 4.78 is 52.4. The standard InChI is InChI=1S/C18H22FN3O4S/c1-25-9-10-26-17-5-4-15(19)11-18(17)27(23,24)22-8-7-21-13-16(22)14-3-2-6-20-12-14/h2-6,11-12,16,21H,7-10,13H2,1H3. The van der Waals surface area contributed by atoms with Crippen LogP contribution in [-0.4, -0.2) is 57.7 Å². The first kappa shape index (κ1) is 19.7. The summed E-state index contributed by atoms with van der Waals surface area (Å²) in [5.41, 5.74) is 0.770. The van der Waals surface area contributed by atoms with E-state index in [0.29, 0.717) is 19.7 Å². The van der Waals surface area contributed by atoms with Gasteiger partial charge < -0.3 is 14.8 Å². The molecule has 3 rings (SSSR count). The van der Waals surface area contributed by atoms with Crippen LogP contribution >= 0.6 is 0 Å². The summed E-state index contributed by atoms with van der Waals surface area (Å²) in [6.07, 6.45) is 3.27. The van der Waals surface area contributed by atoms with Crippen LogP contribution in [-0.2, 0) is 14.8 Å². The molecule has 0 saturated carbocycles. The van der Waals surface area contributed by atoms with Gasteiger partial charge in [0.1, 0.15) is 23.1 Å². The summed E-state index contributed by atoms with van der Waals surface area (Å²) >= 11 is 0. The minimum absolute atomic E-state index is 0.108. The van der Waals surface area contributed by atoms with Crippen LogP contribution in [0, 0.1) is 5.82 Å². The Kier molecular flexibility index (Phi) is 6.38. The van der Waals surface area contributed by atoms with Gasteiger partial charge >= 0.3 is 0 Å². The molecule has 1 aliphatic heterocycles. The lowest BCUT2D eigenvalue weighted by atomic mass is 10.1. The number of halogens is 1. The van der Waals surface area contributed by atoms with Crippen LogP contribution in [0.2, 0.25) is 0 Å². The van der Waals surface area contributed by atoms with E-state index in [0.717, 1.165) is 11.6 Å². The third kappa shape index (κ3) is 4.44. The molecular weight excluding hydrogens is 373 g/mol. The molecule has 1 atom stereocenters. The maximum absolute atomic E-state index is 13.9. The Morgan fingerprint density at radius 1 is 1.33 bits per heavy atom. The van der Waals surface area contributed by atoms with Crippen molar-refractivity contribution in [1.82, 2.24) is 14.6 Å². The molecule has 1 unspecified atom stereocenters. The molecule has 1 aromatic carbocycles. The predicted molar refractivity (Wildman–Crippen MR) is 97.5 cm³/mol. The first-order chi connectivity index (χ1) is 13.0. The zero-order valence-corrected chi connectivity index (χ0v) is 15.8. The van der Waals surface area contributed by atoms with Crippen molar-refractivity contribution in [2.45, 2.75) is 10.9 Å². The van der Waals surface area contributed by atoms with Crippen LogP contribution in [0.4, 0.5) is 4.39 Å². The molecule has 2 heterocycles. The molecular formula is C18H22FN3O4S. The van der Waals surface area contributed by atoms with Crippen molar-refractivity contribution in [2.75, 3.05) is 40.0 Å². The predicted octanol–water partition coefficient (Wildman–Crippen LogP) is 1.58. The number of piperazine rings is 1. The molecule has 0 radical (unpaired) electrons. The molecule has 1 aliphatic rings. The van der Waals surface area contributed by atoms with Gasteiger partial charge in [0.15, 0.2) is 0 Å². The quantitative estimate of drug-likeness (QED) is 0.717. The molecule has 0 spiro atoms. The largest absolute Gasteiger partial charge is 0.490 e. The van der Waals surface area contributed by atoms with Gasteiger partial charge in [-0.3, -0.25) is 4.98 Å². The highest BCUT2D eigenvalue weighted by Gasteiger charge is 2.36. The van der Waals surface area contributed by atoms with Crippen LogP contribution < -0.4 is 10.1 Å². The molecule has 9 heteroatoms. The maximum Gasteiger partial charge on any atom is 0.247 e. The molecule has 7 nitrogen and oxygen atoms in total. The average molecular weight is 395 g/mol. The number of hydrogen-bond donors (Lipinski definition) is 1. The van der Waals surface area contributed by atoms with Crippen molar-refractivity contribution in [3.8, 4) is 5.75 Å². The normalized spacial score (nSPS) is 18.4. The van der Waals surface area contributed by atoms with Gasteiger partial charge in [-0.05, 0) is 29.8 Å². The van der Waals surface area contributed by atoms with Gasteiger partial charge in [-0.25, -0.2) is 12.8 Å². The maximum atomic E-state index is 13.9. The van der Waals surface area contributed by atoms with Crippen LogP contribution in [0.25, 0.3) is 0 Å². The number of pyridine rings is 1. The van der Waals surface area contributed by atoms with Gasteiger partial charge in [-0.15, -0.1) is 0 Å². The summed E-state index contributed by atoms with van der Waals surface area (Å²) in [4.78, 5) is 3.90. The minimum Gasteiger partial charge on any atom is -0.490 e. The Morgan fingerprint density at radius 3 is 2.93 bits per heavy atom. The van der Waals surface area contributed by atoms with E-state index in [2.05, 4.69) is 10.3 Å². The van der Waals surface area contributed by atoms with Crippen molar-refractivity contribution >= 4 is 10.0 Å². The Hall–Kier alpha value is -2.07. The summed E-state index contributed by atoms with van der Waals surface area (Å²) in [5.74, 6) is -0.530. The SMILES string of the molecule is COCCOc1ccc(F)cc1S(=O)(=O)N1CCNCC1c1cccnc1. The molecule has 2 aromatic rings. The molecule has 1 saturated heterocycles. The smallest absolute Gasteiger partial charge is 0.247 e. The number of nitrogens with one attached hydrogen (secondary N) is 1. The van der Waals surface area contributed by atoms with E-state index in [9.17, 15) is 12.8 Å². The first-order valence-corrected chi connectivity index (χ1v) is 10.0. The fourth-order valence-corrected chi connectivity index (χ4v) is 4.75. The summed E-state index contributed by atoms with van der Waals surface area (Å²) in [6, 6.07) is 6.66. The third-order valence-electron chi connectivity index (χ3n) is 4.30. The number of sulfonamides is 1. The van der Waals surface area contributed by atoms with Crippen molar-refractivity contribution in [3.05, 3.63) is 54.1 Å².